The van der Waals surface area contributed by atoms with E-state index in [-0.39, 0.29) is 23.8 Å². The molecule has 2 aromatic rings. The quantitative estimate of drug-likeness (QED) is 0.592. The lowest BCUT2D eigenvalue weighted by atomic mass is 9.91. The maximum atomic E-state index is 13.6. The van der Waals surface area contributed by atoms with Crippen molar-refractivity contribution in [3.05, 3.63) is 46.2 Å². The Labute approximate surface area is 200 Å². The molecular weight excluding hydrogens is 436 g/mol. The number of ether oxygens (including phenoxy) is 2. The highest BCUT2D eigenvalue weighted by molar-refractivity contribution is 7.12. The summed E-state index contributed by atoms with van der Waals surface area (Å²) in [5, 5.41) is 1.93. The van der Waals surface area contributed by atoms with E-state index in [1.54, 1.807) is 14.2 Å². The number of piperidine rings is 2. The molecule has 0 aliphatic carbocycles. The maximum absolute atomic E-state index is 13.6. The van der Waals surface area contributed by atoms with Crippen molar-refractivity contribution in [2.75, 3.05) is 33.9 Å². The fourth-order valence-corrected chi connectivity index (χ4v) is 5.80. The first kappa shape index (κ1) is 23.6. The fourth-order valence-electron chi connectivity index (χ4n) is 5.11. The Morgan fingerprint density at radius 1 is 1.03 bits per heavy atom. The number of benzene rings is 1. The number of carbonyl (C=O) groups is 2. The predicted octanol–water partition coefficient (Wildman–Crippen LogP) is 4.63. The number of thiophene rings is 1. The van der Waals surface area contributed by atoms with Crippen LogP contribution in [0, 0.1) is 5.92 Å². The van der Waals surface area contributed by atoms with Gasteiger partial charge in [-0.2, -0.15) is 0 Å². The van der Waals surface area contributed by atoms with E-state index < -0.39 is 0 Å². The second-order valence-corrected chi connectivity index (χ2v) is 9.92. The van der Waals surface area contributed by atoms with Crippen molar-refractivity contribution in [2.45, 2.75) is 51.0 Å². The highest BCUT2D eigenvalue weighted by atomic mass is 32.1. The SMILES string of the molecule is COc1ccc(CCC2CCCCN2C(=O)C2CCCN(C(=O)c3cccs3)C2)cc1OC. The Balaban J connectivity index is 1.39. The average molecular weight is 471 g/mol. The largest absolute Gasteiger partial charge is 0.493 e. The van der Waals surface area contributed by atoms with Gasteiger partial charge < -0.3 is 19.3 Å². The van der Waals surface area contributed by atoms with Crippen LogP contribution in [0.4, 0.5) is 0 Å². The Hall–Kier alpha value is -2.54. The third-order valence-electron chi connectivity index (χ3n) is 6.91. The standard InChI is InChI=1S/C26H34N2O4S/c1-31-22-13-11-19(17-23(22)32-2)10-12-21-8-3-4-15-28(21)25(29)20-7-5-14-27(18-20)26(30)24-9-6-16-33-24/h6,9,11,13,16-17,20-21H,3-5,7-8,10,12,14-15,18H2,1-2H3. The number of rotatable bonds is 7. The zero-order valence-corrected chi connectivity index (χ0v) is 20.4. The van der Waals surface area contributed by atoms with Crippen molar-refractivity contribution < 1.29 is 19.1 Å². The molecule has 2 fully saturated rings. The number of amides is 2. The van der Waals surface area contributed by atoms with Gasteiger partial charge in [-0.3, -0.25) is 9.59 Å². The Morgan fingerprint density at radius 3 is 2.64 bits per heavy atom. The van der Waals surface area contributed by atoms with Crippen molar-refractivity contribution in [2.24, 2.45) is 5.92 Å². The van der Waals surface area contributed by atoms with Gasteiger partial charge in [-0.05, 0) is 74.1 Å². The van der Waals surface area contributed by atoms with Gasteiger partial charge in [0.15, 0.2) is 11.5 Å². The molecule has 2 amide bonds. The lowest BCUT2D eigenvalue weighted by molar-refractivity contribution is -0.140. The summed E-state index contributed by atoms with van der Waals surface area (Å²) in [6, 6.07) is 10.1. The van der Waals surface area contributed by atoms with Crippen LogP contribution in [0.25, 0.3) is 0 Å². The summed E-state index contributed by atoms with van der Waals surface area (Å²) in [5.74, 6) is 1.67. The highest BCUT2D eigenvalue weighted by Gasteiger charge is 2.35. The minimum atomic E-state index is -0.0932. The van der Waals surface area contributed by atoms with E-state index in [1.165, 1.54) is 16.9 Å². The van der Waals surface area contributed by atoms with E-state index in [0.717, 1.165) is 74.4 Å². The monoisotopic (exact) mass is 470 g/mol. The molecule has 2 atom stereocenters. The van der Waals surface area contributed by atoms with Crippen LogP contribution in [0.1, 0.15) is 53.8 Å². The van der Waals surface area contributed by atoms with E-state index >= 15 is 0 Å². The number of methoxy groups -OCH3 is 2. The molecule has 1 aromatic carbocycles. The Morgan fingerprint density at radius 2 is 1.88 bits per heavy atom. The van der Waals surface area contributed by atoms with Crippen molar-refractivity contribution in [3.63, 3.8) is 0 Å². The first-order chi connectivity index (χ1) is 16.1. The van der Waals surface area contributed by atoms with Gasteiger partial charge in [-0.1, -0.05) is 12.1 Å². The molecular formula is C26H34N2O4S. The molecule has 33 heavy (non-hydrogen) atoms. The van der Waals surface area contributed by atoms with E-state index in [9.17, 15) is 9.59 Å². The van der Waals surface area contributed by atoms with Crippen molar-refractivity contribution >= 4 is 23.2 Å². The topological polar surface area (TPSA) is 59.1 Å². The zero-order chi connectivity index (χ0) is 23.2. The molecule has 0 radical (unpaired) electrons. The van der Waals surface area contributed by atoms with Crippen LogP contribution >= 0.6 is 11.3 Å². The van der Waals surface area contributed by atoms with Gasteiger partial charge >= 0.3 is 0 Å². The van der Waals surface area contributed by atoms with E-state index in [1.807, 2.05) is 34.5 Å². The van der Waals surface area contributed by atoms with Crippen molar-refractivity contribution in [1.29, 1.82) is 0 Å². The fraction of sp³-hybridized carbons (Fsp3) is 0.538. The van der Waals surface area contributed by atoms with Gasteiger partial charge in [0.2, 0.25) is 5.91 Å². The van der Waals surface area contributed by atoms with Crippen LogP contribution in [0.15, 0.2) is 35.7 Å². The number of hydrogen-bond donors (Lipinski definition) is 0. The van der Waals surface area contributed by atoms with Gasteiger partial charge in [0, 0.05) is 25.7 Å². The van der Waals surface area contributed by atoms with Crippen LogP contribution in [-0.4, -0.2) is 61.5 Å². The normalized spacial score (nSPS) is 21.0. The summed E-state index contributed by atoms with van der Waals surface area (Å²) in [6.45, 7) is 2.10. The number of likely N-dealkylation sites (tertiary alicyclic amines) is 2. The van der Waals surface area contributed by atoms with Gasteiger partial charge in [-0.25, -0.2) is 0 Å². The summed E-state index contributed by atoms with van der Waals surface area (Å²) in [4.78, 5) is 31.1. The second kappa shape index (κ2) is 11.1. The molecule has 1 aromatic heterocycles. The molecule has 0 saturated carbocycles. The first-order valence-corrected chi connectivity index (χ1v) is 12.8. The van der Waals surface area contributed by atoms with Gasteiger partial charge in [0.05, 0.1) is 25.0 Å². The highest BCUT2D eigenvalue weighted by Crippen LogP contribution is 2.30. The van der Waals surface area contributed by atoms with E-state index in [4.69, 9.17) is 9.47 Å². The molecule has 2 saturated heterocycles. The number of carbonyl (C=O) groups excluding carboxylic acids is 2. The van der Waals surface area contributed by atoms with Crippen LogP contribution in [-0.2, 0) is 11.2 Å². The third-order valence-corrected chi connectivity index (χ3v) is 7.77. The molecule has 7 heteroatoms. The van der Waals surface area contributed by atoms with E-state index in [0.29, 0.717) is 6.54 Å². The Bertz CT molecular complexity index is 946. The first-order valence-electron chi connectivity index (χ1n) is 11.9. The second-order valence-electron chi connectivity index (χ2n) is 8.98. The lowest BCUT2D eigenvalue weighted by Gasteiger charge is -2.40. The van der Waals surface area contributed by atoms with Crippen LogP contribution in [0.5, 0.6) is 11.5 Å². The molecule has 0 bridgehead atoms. The molecule has 6 nitrogen and oxygen atoms in total. The van der Waals surface area contributed by atoms with Crippen LogP contribution in [0.2, 0.25) is 0 Å². The maximum Gasteiger partial charge on any atom is 0.263 e. The minimum absolute atomic E-state index is 0.0612. The summed E-state index contributed by atoms with van der Waals surface area (Å²) in [5.41, 5.74) is 1.19. The van der Waals surface area contributed by atoms with Gasteiger partial charge in [-0.15, -0.1) is 11.3 Å². The third kappa shape index (κ3) is 5.52. The van der Waals surface area contributed by atoms with Crippen LogP contribution in [0.3, 0.4) is 0 Å². The molecule has 2 aliphatic rings. The van der Waals surface area contributed by atoms with Crippen LogP contribution < -0.4 is 9.47 Å². The molecule has 178 valence electrons. The van der Waals surface area contributed by atoms with E-state index in [2.05, 4.69) is 11.0 Å². The number of hydrogen-bond acceptors (Lipinski definition) is 5. The molecule has 4 rings (SSSR count). The number of nitrogens with zero attached hydrogens (tertiary/aromatic N) is 2. The van der Waals surface area contributed by atoms with Crippen molar-refractivity contribution in [3.8, 4) is 11.5 Å². The molecule has 0 spiro atoms. The molecule has 3 heterocycles. The van der Waals surface area contributed by atoms with Crippen molar-refractivity contribution in [1.82, 2.24) is 9.80 Å². The smallest absolute Gasteiger partial charge is 0.263 e. The summed E-state index contributed by atoms with van der Waals surface area (Å²) >= 11 is 1.47. The summed E-state index contributed by atoms with van der Waals surface area (Å²) in [7, 11) is 3.29. The van der Waals surface area contributed by atoms with Gasteiger partial charge in [0.1, 0.15) is 0 Å². The summed E-state index contributed by atoms with van der Waals surface area (Å²) in [6.07, 6.45) is 6.85. The lowest BCUT2D eigenvalue weighted by Crippen LogP contribution is -2.51. The van der Waals surface area contributed by atoms with Gasteiger partial charge in [0.25, 0.3) is 5.91 Å². The Kier molecular flexibility index (Phi) is 7.91. The summed E-state index contributed by atoms with van der Waals surface area (Å²) < 4.78 is 10.8. The molecule has 2 aliphatic heterocycles. The minimum Gasteiger partial charge on any atom is -0.493 e. The average Bonchev–Trinajstić information content (AvgIpc) is 3.41. The zero-order valence-electron chi connectivity index (χ0n) is 19.6. The molecule has 0 N–H and O–H groups in total. The predicted molar refractivity (Wildman–Crippen MR) is 130 cm³/mol. The molecule has 2 unspecified atom stereocenters. The number of aryl methyl sites for hydroxylation is 1.